The fraction of sp³-hybridized carbons (Fsp3) is 0.481. The summed E-state index contributed by atoms with van der Waals surface area (Å²) in [5, 5.41) is 12.0. The summed E-state index contributed by atoms with van der Waals surface area (Å²) in [6.07, 6.45) is 1.25. The average molecular weight is 539 g/mol. The van der Waals surface area contributed by atoms with E-state index in [0.717, 1.165) is 31.5 Å². The molecule has 12 heteroatoms. The monoisotopic (exact) mass is 538 g/mol. The predicted molar refractivity (Wildman–Crippen MR) is 142 cm³/mol. The van der Waals surface area contributed by atoms with Crippen molar-refractivity contribution in [3.05, 3.63) is 42.1 Å². The number of aromatic nitrogens is 2. The van der Waals surface area contributed by atoms with Gasteiger partial charge in [-0.05, 0) is 26.2 Å². The smallest absolute Gasteiger partial charge is 0.409 e. The van der Waals surface area contributed by atoms with Gasteiger partial charge in [-0.1, -0.05) is 30.3 Å². The summed E-state index contributed by atoms with van der Waals surface area (Å²) in [6.45, 7) is 4.71. The molecule has 2 N–H and O–H groups in total. The van der Waals surface area contributed by atoms with E-state index in [2.05, 4.69) is 20.2 Å². The van der Waals surface area contributed by atoms with E-state index in [0.29, 0.717) is 11.6 Å². The third-order valence-corrected chi connectivity index (χ3v) is 6.77. The zero-order valence-electron chi connectivity index (χ0n) is 22.0. The van der Waals surface area contributed by atoms with Gasteiger partial charge in [0, 0.05) is 57.3 Å². The number of piperazine rings is 1. The molecule has 1 atom stereocenters. The maximum atomic E-state index is 13.4. The molecule has 2 aliphatic heterocycles. The number of anilines is 1. The topological polar surface area (TPSA) is 145 Å². The van der Waals surface area contributed by atoms with Crippen LogP contribution in [0.1, 0.15) is 43.1 Å². The van der Waals surface area contributed by atoms with Gasteiger partial charge in [-0.15, -0.1) is 0 Å². The van der Waals surface area contributed by atoms with Crippen LogP contribution in [0, 0.1) is 0 Å². The molecular formula is C27H34N6O6. The quantitative estimate of drug-likeness (QED) is 0.490. The lowest BCUT2D eigenvalue weighted by Gasteiger charge is -2.35. The van der Waals surface area contributed by atoms with Crippen LogP contribution in [0.25, 0.3) is 11.4 Å². The Balaban J connectivity index is 1.53. The highest BCUT2D eigenvalue weighted by atomic mass is 16.6. The molecule has 1 aromatic heterocycles. The van der Waals surface area contributed by atoms with Crippen LogP contribution < -0.4 is 10.2 Å². The summed E-state index contributed by atoms with van der Waals surface area (Å²) in [4.78, 5) is 64.5. The number of hydrogen-bond donors (Lipinski definition) is 2. The molecule has 0 aliphatic carbocycles. The summed E-state index contributed by atoms with van der Waals surface area (Å²) in [5.41, 5.74) is 0.858. The fourth-order valence-corrected chi connectivity index (χ4v) is 4.68. The lowest BCUT2D eigenvalue weighted by molar-refractivity contribution is -0.138. The maximum Gasteiger partial charge on any atom is 0.409 e. The number of nitrogens with one attached hydrogen (secondary N) is 1. The van der Waals surface area contributed by atoms with Crippen molar-refractivity contribution in [2.45, 2.75) is 38.6 Å². The van der Waals surface area contributed by atoms with Gasteiger partial charge in [-0.25, -0.2) is 14.8 Å². The van der Waals surface area contributed by atoms with Gasteiger partial charge in [0.2, 0.25) is 5.91 Å². The van der Waals surface area contributed by atoms with Crippen molar-refractivity contribution in [1.82, 2.24) is 25.1 Å². The molecule has 4 rings (SSSR count). The number of nitrogens with zero attached hydrogens (tertiary/aromatic N) is 5. The number of rotatable bonds is 9. The molecule has 208 valence electrons. The van der Waals surface area contributed by atoms with Crippen molar-refractivity contribution >= 4 is 29.7 Å². The number of carbonyl (C=O) groups excluding carboxylic acids is 3. The zero-order valence-corrected chi connectivity index (χ0v) is 22.0. The van der Waals surface area contributed by atoms with Crippen LogP contribution in [-0.2, 0) is 14.3 Å². The van der Waals surface area contributed by atoms with E-state index in [1.54, 1.807) is 13.0 Å². The van der Waals surface area contributed by atoms with Crippen LogP contribution in [-0.4, -0.2) is 101 Å². The summed E-state index contributed by atoms with van der Waals surface area (Å²) >= 11 is 0. The second kappa shape index (κ2) is 13.0. The number of ether oxygens (including phenoxy) is 1. The minimum absolute atomic E-state index is 0.0758. The first-order valence-corrected chi connectivity index (χ1v) is 13.3. The highest BCUT2D eigenvalue weighted by Gasteiger charge is 2.31. The molecule has 39 heavy (non-hydrogen) atoms. The number of carboxylic acids is 1. The van der Waals surface area contributed by atoms with Crippen molar-refractivity contribution in [3.8, 4) is 11.4 Å². The van der Waals surface area contributed by atoms with Gasteiger partial charge in [-0.3, -0.25) is 14.4 Å². The Morgan fingerprint density at radius 1 is 0.974 bits per heavy atom. The van der Waals surface area contributed by atoms with Crippen molar-refractivity contribution < 1.29 is 29.0 Å². The Morgan fingerprint density at radius 2 is 1.64 bits per heavy atom. The van der Waals surface area contributed by atoms with Crippen LogP contribution in [0.3, 0.4) is 0 Å². The SMILES string of the molecule is CCOC(=O)N1CCN(C(=O)[C@H](CCC(=O)O)NC(=O)c2cc(N3CCCC3)nc(-c3ccccc3)n2)CC1. The van der Waals surface area contributed by atoms with E-state index >= 15 is 0 Å². The van der Waals surface area contributed by atoms with Gasteiger partial charge in [0.05, 0.1) is 6.61 Å². The van der Waals surface area contributed by atoms with Crippen molar-refractivity contribution in [2.75, 3.05) is 50.8 Å². The Hall–Kier alpha value is -4.22. The van der Waals surface area contributed by atoms with E-state index in [1.165, 1.54) is 9.80 Å². The first-order chi connectivity index (χ1) is 18.9. The minimum Gasteiger partial charge on any atom is -0.481 e. The summed E-state index contributed by atoms with van der Waals surface area (Å²) in [5.74, 6) is -1.02. The van der Waals surface area contributed by atoms with Gasteiger partial charge in [0.1, 0.15) is 17.6 Å². The summed E-state index contributed by atoms with van der Waals surface area (Å²) in [7, 11) is 0. The minimum atomic E-state index is -1.07. The molecule has 0 radical (unpaired) electrons. The zero-order chi connectivity index (χ0) is 27.8. The van der Waals surface area contributed by atoms with Crippen molar-refractivity contribution in [2.24, 2.45) is 0 Å². The van der Waals surface area contributed by atoms with Crippen molar-refractivity contribution in [1.29, 1.82) is 0 Å². The van der Waals surface area contributed by atoms with Crippen LogP contribution in [0.2, 0.25) is 0 Å². The molecular weight excluding hydrogens is 504 g/mol. The number of hydrogen-bond acceptors (Lipinski definition) is 8. The third kappa shape index (κ3) is 7.21. The van der Waals surface area contributed by atoms with Crippen LogP contribution in [0.4, 0.5) is 10.6 Å². The lowest BCUT2D eigenvalue weighted by atomic mass is 10.1. The van der Waals surface area contributed by atoms with E-state index < -0.39 is 29.9 Å². The normalized spacial score (nSPS) is 16.1. The van der Waals surface area contributed by atoms with Gasteiger partial charge >= 0.3 is 12.1 Å². The predicted octanol–water partition coefficient (Wildman–Crippen LogP) is 2.01. The molecule has 0 bridgehead atoms. The number of amides is 3. The van der Waals surface area contributed by atoms with Gasteiger partial charge in [-0.2, -0.15) is 0 Å². The molecule has 1 aromatic carbocycles. The Bertz CT molecular complexity index is 1180. The number of carboxylic acid groups (broad SMARTS) is 1. The highest BCUT2D eigenvalue weighted by molar-refractivity contribution is 5.97. The first kappa shape index (κ1) is 27.8. The van der Waals surface area contributed by atoms with E-state index in [1.807, 2.05) is 30.3 Å². The van der Waals surface area contributed by atoms with Crippen molar-refractivity contribution in [3.63, 3.8) is 0 Å². The number of carbonyl (C=O) groups is 4. The summed E-state index contributed by atoms with van der Waals surface area (Å²) in [6, 6.07) is 9.89. The molecule has 0 spiro atoms. The molecule has 2 aromatic rings. The molecule has 2 saturated heterocycles. The average Bonchev–Trinajstić information content (AvgIpc) is 3.50. The highest BCUT2D eigenvalue weighted by Crippen LogP contribution is 2.23. The fourth-order valence-electron chi connectivity index (χ4n) is 4.68. The molecule has 12 nitrogen and oxygen atoms in total. The standard InChI is InChI=1S/C27H34N6O6/c1-2-39-27(38)33-16-14-32(15-17-33)26(37)20(10-11-23(34)35)29-25(36)21-18-22(31-12-6-7-13-31)30-24(28-21)19-8-4-3-5-9-19/h3-5,8-9,18,20H,2,6-7,10-17H2,1H3,(H,29,36)(H,34,35)/t20-/m0/s1. The molecule has 0 saturated carbocycles. The first-order valence-electron chi connectivity index (χ1n) is 13.3. The Kier molecular flexibility index (Phi) is 9.29. The Labute approximate surface area is 227 Å². The van der Waals surface area contributed by atoms with E-state index in [-0.39, 0.29) is 51.3 Å². The van der Waals surface area contributed by atoms with Crippen LogP contribution >= 0.6 is 0 Å². The second-order valence-electron chi connectivity index (χ2n) is 9.46. The summed E-state index contributed by atoms with van der Waals surface area (Å²) < 4.78 is 5.02. The van der Waals surface area contributed by atoms with E-state index in [4.69, 9.17) is 4.74 Å². The van der Waals surface area contributed by atoms with Gasteiger partial charge < -0.3 is 29.9 Å². The van der Waals surface area contributed by atoms with Crippen LogP contribution in [0.15, 0.2) is 36.4 Å². The molecule has 3 amide bonds. The lowest BCUT2D eigenvalue weighted by Crippen LogP contribution is -2.56. The van der Waals surface area contributed by atoms with Gasteiger partial charge in [0.15, 0.2) is 5.82 Å². The Morgan fingerprint density at radius 3 is 2.28 bits per heavy atom. The second-order valence-corrected chi connectivity index (χ2v) is 9.46. The molecule has 3 heterocycles. The number of benzene rings is 1. The van der Waals surface area contributed by atoms with E-state index in [9.17, 15) is 24.3 Å². The van der Waals surface area contributed by atoms with Crippen LogP contribution in [0.5, 0.6) is 0 Å². The molecule has 2 fully saturated rings. The van der Waals surface area contributed by atoms with Gasteiger partial charge in [0.25, 0.3) is 5.91 Å². The molecule has 0 unspecified atom stereocenters. The maximum absolute atomic E-state index is 13.4. The number of aliphatic carboxylic acids is 1. The third-order valence-electron chi connectivity index (χ3n) is 6.77. The molecule has 2 aliphatic rings. The largest absolute Gasteiger partial charge is 0.481 e.